The van der Waals surface area contributed by atoms with E-state index in [2.05, 4.69) is 15.5 Å². The lowest BCUT2D eigenvalue weighted by atomic mass is 10.1. The molecule has 1 aromatic heterocycles. The van der Waals surface area contributed by atoms with Gasteiger partial charge in [-0.1, -0.05) is 0 Å². The second kappa shape index (κ2) is 6.46. The summed E-state index contributed by atoms with van der Waals surface area (Å²) in [5.74, 6) is -0.474. The third-order valence-electron chi connectivity index (χ3n) is 3.26. The third kappa shape index (κ3) is 2.88. The van der Waals surface area contributed by atoms with E-state index in [9.17, 15) is 9.59 Å². The zero-order valence-electron chi connectivity index (χ0n) is 13.1. The van der Waals surface area contributed by atoms with Crippen LogP contribution in [-0.2, 0) is 14.3 Å². The van der Waals surface area contributed by atoms with Gasteiger partial charge in [0, 0.05) is 11.4 Å². The number of nitrogens with zero attached hydrogens (tertiary/aromatic N) is 1. The highest BCUT2D eigenvalue weighted by Gasteiger charge is 2.26. The monoisotopic (exact) mass is 305 g/mol. The molecule has 0 radical (unpaired) electrons. The number of aryl methyl sites for hydroxylation is 1. The Balaban J connectivity index is 2.40. The van der Waals surface area contributed by atoms with Gasteiger partial charge in [-0.15, -0.1) is 5.10 Å². The van der Waals surface area contributed by atoms with Crippen molar-refractivity contribution in [2.75, 3.05) is 13.2 Å². The van der Waals surface area contributed by atoms with Gasteiger partial charge in [-0.3, -0.25) is 4.79 Å². The van der Waals surface area contributed by atoms with Gasteiger partial charge in [0.05, 0.1) is 18.8 Å². The third-order valence-corrected chi connectivity index (χ3v) is 3.26. The number of rotatable bonds is 4. The van der Waals surface area contributed by atoms with Gasteiger partial charge in [-0.2, -0.15) is 0 Å². The van der Waals surface area contributed by atoms with Crippen LogP contribution in [0.3, 0.4) is 0 Å². The minimum atomic E-state index is -0.382. The van der Waals surface area contributed by atoms with Crippen LogP contribution in [-0.4, -0.2) is 36.0 Å². The summed E-state index contributed by atoms with van der Waals surface area (Å²) >= 11 is 0. The van der Waals surface area contributed by atoms with Crippen molar-refractivity contribution in [3.63, 3.8) is 0 Å². The molecule has 1 aliphatic heterocycles. The maximum atomic E-state index is 12.0. The Morgan fingerprint density at radius 3 is 2.64 bits per heavy atom. The van der Waals surface area contributed by atoms with E-state index in [1.54, 1.807) is 26.8 Å². The summed E-state index contributed by atoms with van der Waals surface area (Å²) < 4.78 is 10.4. The fraction of sp³-hybridized carbons (Fsp3) is 0.400. The minimum absolute atomic E-state index is 0.247. The molecule has 0 bridgehead atoms. The molecule has 22 heavy (non-hydrogen) atoms. The summed E-state index contributed by atoms with van der Waals surface area (Å²) in [7, 11) is 0. The van der Waals surface area contributed by atoms with Crippen molar-refractivity contribution in [1.82, 2.24) is 10.4 Å². The van der Waals surface area contributed by atoms with E-state index in [0.29, 0.717) is 35.7 Å². The maximum absolute atomic E-state index is 12.0. The highest BCUT2D eigenvalue weighted by atomic mass is 16.5. The number of hydrogen-bond donors (Lipinski definition) is 2. The van der Waals surface area contributed by atoms with Crippen LogP contribution in [0.4, 0.5) is 0 Å². The molecule has 0 unspecified atom stereocenters. The number of amides is 1. The lowest BCUT2D eigenvalue weighted by Gasteiger charge is -2.03. The van der Waals surface area contributed by atoms with E-state index in [4.69, 9.17) is 9.47 Å². The molecule has 1 amide bonds. The van der Waals surface area contributed by atoms with Crippen molar-refractivity contribution in [2.45, 2.75) is 27.7 Å². The lowest BCUT2D eigenvalue weighted by Crippen LogP contribution is -2.14. The first-order chi connectivity index (χ1) is 10.5. The highest BCUT2D eigenvalue weighted by molar-refractivity contribution is 6.24. The summed E-state index contributed by atoms with van der Waals surface area (Å²) in [6, 6.07) is 0. The quantitative estimate of drug-likeness (QED) is 0.653. The van der Waals surface area contributed by atoms with E-state index in [0.717, 1.165) is 5.56 Å². The van der Waals surface area contributed by atoms with Gasteiger partial charge in [0.1, 0.15) is 5.57 Å². The zero-order chi connectivity index (χ0) is 16.3. The Morgan fingerprint density at radius 1 is 1.27 bits per heavy atom. The largest absolute Gasteiger partial charge is 0.476 e. The van der Waals surface area contributed by atoms with Gasteiger partial charge in [-0.05, 0) is 39.3 Å². The van der Waals surface area contributed by atoms with E-state index < -0.39 is 0 Å². The number of carbonyl (C=O) groups is 2. The average molecular weight is 305 g/mol. The molecule has 1 aromatic rings. The molecule has 0 spiro atoms. The number of hydrogen-bond acceptors (Lipinski definition) is 5. The first kappa shape index (κ1) is 15.8. The number of hydrazone groups is 1. The Morgan fingerprint density at radius 2 is 2.00 bits per heavy atom. The number of H-pyrrole nitrogens is 1. The number of carbonyl (C=O) groups excluding carboxylic acids is 2. The van der Waals surface area contributed by atoms with Crippen LogP contribution in [0.1, 0.15) is 41.2 Å². The van der Waals surface area contributed by atoms with Crippen LogP contribution in [0.2, 0.25) is 0 Å². The Labute approximate surface area is 128 Å². The number of nitrogens with one attached hydrogen (secondary N) is 2. The molecule has 7 nitrogen and oxygen atoms in total. The molecule has 118 valence electrons. The highest BCUT2D eigenvalue weighted by Crippen LogP contribution is 2.22. The SMILES string of the molecule is CCOC(=O)c1c(C)[nH]c(/C=C2/C(=O)NN=C2OCC)c1C. The average Bonchev–Trinajstić information content (AvgIpc) is 2.94. The predicted molar refractivity (Wildman–Crippen MR) is 81.4 cm³/mol. The molecule has 0 saturated carbocycles. The van der Waals surface area contributed by atoms with Crippen LogP contribution in [0.15, 0.2) is 10.7 Å². The van der Waals surface area contributed by atoms with Gasteiger partial charge >= 0.3 is 5.97 Å². The van der Waals surface area contributed by atoms with Crippen molar-refractivity contribution in [3.05, 3.63) is 28.1 Å². The fourth-order valence-corrected chi connectivity index (χ4v) is 2.27. The smallest absolute Gasteiger partial charge is 0.340 e. The lowest BCUT2D eigenvalue weighted by molar-refractivity contribution is -0.116. The van der Waals surface area contributed by atoms with Crippen LogP contribution < -0.4 is 5.43 Å². The Kier molecular flexibility index (Phi) is 4.65. The summed E-state index contributed by atoms with van der Waals surface area (Å²) in [6.45, 7) is 7.86. The first-order valence-corrected chi connectivity index (χ1v) is 7.08. The molecule has 0 saturated heterocycles. The van der Waals surface area contributed by atoms with Gasteiger partial charge in [-0.25, -0.2) is 10.2 Å². The Bertz CT molecular complexity index is 671. The van der Waals surface area contributed by atoms with Crippen LogP contribution in [0, 0.1) is 13.8 Å². The number of aromatic amines is 1. The fourth-order valence-electron chi connectivity index (χ4n) is 2.27. The van der Waals surface area contributed by atoms with Crippen LogP contribution >= 0.6 is 0 Å². The number of ether oxygens (including phenoxy) is 2. The molecule has 0 fully saturated rings. The molecule has 0 aromatic carbocycles. The molecule has 2 N–H and O–H groups in total. The van der Waals surface area contributed by atoms with E-state index >= 15 is 0 Å². The summed E-state index contributed by atoms with van der Waals surface area (Å²) in [5, 5.41) is 3.83. The molecule has 7 heteroatoms. The molecule has 1 aliphatic rings. The molecular formula is C15H19N3O4. The van der Waals surface area contributed by atoms with Crippen molar-refractivity contribution in [2.24, 2.45) is 5.10 Å². The van der Waals surface area contributed by atoms with Gasteiger partial charge in [0.15, 0.2) is 0 Å². The molecule has 2 rings (SSSR count). The Hall–Kier alpha value is -2.57. The van der Waals surface area contributed by atoms with Crippen molar-refractivity contribution in [1.29, 1.82) is 0 Å². The van der Waals surface area contributed by atoms with E-state index in [1.165, 1.54) is 0 Å². The summed E-state index contributed by atoms with van der Waals surface area (Å²) in [4.78, 5) is 26.9. The van der Waals surface area contributed by atoms with E-state index in [-0.39, 0.29) is 17.8 Å². The summed E-state index contributed by atoms with van der Waals surface area (Å²) in [6.07, 6.45) is 1.63. The first-order valence-electron chi connectivity index (χ1n) is 7.08. The second-order valence-corrected chi connectivity index (χ2v) is 4.73. The van der Waals surface area contributed by atoms with E-state index in [1.807, 2.05) is 6.92 Å². The topological polar surface area (TPSA) is 92.8 Å². The molecule has 0 aliphatic carbocycles. The number of aromatic nitrogens is 1. The molecule has 0 atom stereocenters. The van der Waals surface area contributed by atoms with Gasteiger partial charge in [0.2, 0.25) is 5.90 Å². The van der Waals surface area contributed by atoms with Crippen molar-refractivity contribution in [3.8, 4) is 0 Å². The standard InChI is InChI=1S/C15H19N3O4/c1-5-21-14-10(13(19)17-18-14)7-11-8(3)12(9(4)16-11)15(20)22-6-2/h7,16H,5-6H2,1-4H3,(H,17,19)/b10-7-. The normalized spacial score (nSPS) is 15.7. The minimum Gasteiger partial charge on any atom is -0.476 e. The maximum Gasteiger partial charge on any atom is 0.340 e. The van der Waals surface area contributed by atoms with Gasteiger partial charge < -0.3 is 14.5 Å². The summed E-state index contributed by atoms with van der Waals surface area (Å²) in [5.41, 5.74) is 5.23. The number of esters is 1. The predicted octanol–water partition coefficient (Wildman–Crippen LogP) is 1.67. The van der Waals surface area contributed by atoms with Gasteiger partial charge in [0.25, 0.3) is 5.91 Å². The molecule has 2 heterocycles. The van der Waals surface area contributed by atoms with Crippen LogP contribution in [0.5, 0.6) is 0 Å². The van der Waals surface area contributed by atoms with Crippen molar-refractivity contribution < 1.29 is 19.1 Å². The second-order valence-electron chi connectivity index (χ2n) is 4.73. The van der Waals surface area contributed by atoms with Crippen molar-refractivity contribution >= 4 is 23.9 Å². The zero-order valence-corrected chi connectivity index (χ0v) is 13.1. The molecular weight excluding hydrogens is 286 g/mol. The van der Waals surface area contributed by atoms with Crippen LogP contribution in [0.25, 0.3) is 6.08 Å².